The summed E-state index contributed by atoms with van der Waals surface area (Å²) in [6, 6.07) is 11.6. The lowest BCUT2D eigenvalue weighted by molar-refractivity contribution is 0.0698. The first-order valence-corrected chi connectivity index (χ1v) is 9.96. The van der Waals surface area contributed by atoms with Crippen molar-refractivity contribution >= 4 is 45.9 Å². The number of hydrogen-bond donors (Lipinski definition) is 2. The minimum absolute atomic E-state index is 0.136. The highest BCUT2D eigenvalue weighted by atomic mass is 32.2. The van der Waals surface area contributed by atoms with Crippen LogP contribution in [0, 0.1) is 12.3 Å². The summed E-state index contributed by atoms with van der Waals surface area (Å²) in [6.07, 6.45) is 3.46. The van der Waals surface area contributed by atoms with Gasteiger partial charge >= 0.3 is 5.97 Å². The minimum atomic E-state index is -1.22. The van der Waals surface area contributed by atoms with Gasteiger partial charge < -0.3 is 14.2 Å². The molecule has 0 radical (unpaired) electrons. The summed E-state index contributed by atoms with van der Waals surface area (Å²) < 4.78 is 7.20. The van der Waals surface area contributed by atoms with Gasteiger partial charge in [0.25, 0.3) is 0 Å². The zero-order valence-corrected chi connectivity index (χ0v) is 17.3. The SMILES string of the molecule is COc1c(C)c(C(=O)c2ccc(N=C(N=C=N)SC)c(C(=O)O)c2)n2ccccc12. The Labute approximate surface area is 176 Å². The Morgan fingerprint density at radius 3 is 2.67 bits per heavy atom. The predicted octanol–water partition coefficient (Wildman–Crippen LogP) is 4.29. The Kier molecular flexibility index (Phi) is 6.15. The van der Waals surface area contributed by atoms with Crippen LogP contribution in [-0.2, 0) is 0 Å². The van der Waals surface area contributed by atoms with E-state index in [1.165, 1.54) is 18.2 Å². The van der Waals surface area contributed by atoms with Crippen LogP contribution in [0.2, 0.25) is 0 Å². The molecule has 0 saturated carbocycles. The number of ketones is 1. The number of nitrogens with zero attached hydrogens (tertiary/aromatic N) is 3. The Morgan fingerprint density at radius 2 is 2.03 bits per heavy atom. The number of nitrogens with one attached hydrogen (secondary N) is 1. The molecule has 2 heterocycles. The van der Waals surface area contributed by atoms with E-state index >= 15 is 0 Å². The van der Waals surface area contributed by atoms with Crippen molar-refractivity contribution < 1.29 is 19.4 Å². The number of pyridine rings is 1. The van der Waals surface area contributed by atoms with Crippen molar-refractivity contribution in [2.24, 2.45) is 9.98 Å². The highest BCUT2D eigenvalue weighted by Gasteiger charge is 2.23. The summed E-state index contributed by atoms with van der Waals surface area (Å²) in [5.74, 6) is -0.970. The molecular formula is C21H18N4O4S. The van der Waals surface area contributed by atoms with Crippen molar-refractivity contribution in [3.05, 3.63) is 65.0 Å². The number of aliphatic imine (C=N–C) groups is 2. The molecule has 0 fully saturated rings. The van der Waals surface area contributed by atoms with Crippen molar-refractivity contribution in [3.63, 3.8) is 0 Å². The normalized spacial score (nSPS) is 11.2. The predicted molar refractivity (Wildman–Crippen MR) is 116 cm³/mol. The number of carbonyl (C=O) groups excluding carboxylic acids is 1. The van der Waals surface area contributed by atoms with Crippen molar-refractivity contribution in [3.8, 4) is 5.75 Å². The Bertz CT molecular complexity index is 1240. The minimum Gasteiger partial charge on any atom is -0.494 e. The highest BCUT2D eigenvalue weighted by molar-refractivity contribution is 8.13. The molecule has 8 nitrogen and oxygen atoms in total. The van der Waals surface area contributed by atoms with E-state index in [0.29, 0.717) is 17.0 Å². The second-order valence-corrected chi connectivity index (χ2v) is 6.92. The monoisotopic (exact) mass is 422 g/mol. The van der Waals surface area contributed by atoms with Gasteiger partial charge in [0.2, 0.25) is 5.78 Å². The molecule has 0 atom stereocenters. The molecule has 0 amide bonds. The molecule has 0 aliphatic rings. The molecule has 1 aromatic carbocycles. The van der Waals surface area contributed by atoms with Gasteiger partial charge in [-0.3, -0.25) is 4.79 Å². The number of carbonyl (C=O) groups is 2. The van der Waals surface area contributed by atoms with Crippen LogP contribution in [0.15, 0.2) is 52.6 Å². The fourth-order valence-electron chi connectivity index (χ4n) is 3.19. The fraction of sp³-hybridized carbons (Fsp3) is 0.143. The van der Waals surface area contributed by atoms with Crippen LogP contribution in [0.5, 0.6) is 5.75 Å². The lowest BCUT2D eigenvalue weighted by Gasteiger charge is -2.07. The van der Waals surface area contributed by atoms with Crippen molar-refractivity contribution in [2.45, 2.75) is 6.92 Å². The molecule has 152 valence electrons. The van der Waals surface area contributed by atoms with Crippen LogP contribution in [0.3, 0.4) is 0 Å². The van der Waals surface area contributed by atoms with E-state index in [9.17, 15) is 14.7 Å². The molecule has 0 unspecified atom stereocenters. The first kappa shape index (κ1) is 21.0. The third kappa shape index (κ3) is 3.76. The number of carboxylic acids is 1. The lowest BCUT2D eigenvalue weighted by atomic mass is 10.0. The number of benzene rings is 1. The van der Waals surface area contributed by atoms with Crippen LogP contribution in [-0.4, -0.2) is 45.8 Å². The van der Waals surface area contributed by atoms with E-state index in [2.05, 4.69) is 9.98 Å². The van der Waals surface area contributed by atoms with Gasteiger partial charge in [0.1, 0.15) is 11.4 Å². The van der Waals surface area contributed by atoms with Gasteiger partial charge in [-0.25, -0.2) is 15.2 Å². The molecule has 0 aliphatic carbocycles. The Hall–Kier alpha value is -3.68. The quantitative estimate of drug-likeness (QED) is 0.361. The third-order valence-electron chi connectivity index (χ3n) is 4.49. The largest absolute Gasteiger partial charge is 0.494 e. The van der Waals surface area contributed by atoms with Crippen LogP contribution >= 0.6 is 11.8 Å². The highest BCUT2D eigenvalue weighted by Crippen LogP contribution is 2.32. The lowest BCUT2D eigenvalue weighted by Crippen LogP contribution is -2.09. The summed E-state index contributed by atoms with van der Waals surface area (Å²) in [4.78, 5) is 32.9. The Morgan fingerprint density at radius 1 is 1.27 bits per heavy atom. The maximum absolute atomic E-state index is 13.3. The Balaban J connectivity index is 2.16. The maximum atomic E-state index is 13.3. The van der Waals surface area contributed by atoms with Crippen LogP contribution in [0.1, 0.15) is 32.0 Å². The van der Waals surface area contributed by atoms with Gasteiger partial charge in [-0.05, 0) is 43.5 Å². The van der Waals surface area contributed by atoms with Crippen LogP contribution in [0.4, 0.5) is 5.69 Å². The number of fused-ring (bicyclic) bond motifs is 1. The molecule has 0 spiro atoms. The number of methoxy groups -OCH3 is 1. The number of aromatic nitrogens is 1. The zero-order valence-electron chi connectivity index (χ0n) is 16.5. The number of aromatic carboxylic acids is 1. The number of carboxylic acid groups (broad SMARTS) is 1. The van der Waals surface area contributed by atoms with Gasteiger partial charge in [-0.1, -0.05) is 17.8 Å². The number of amidine groups is 1. The van der Waals surface area contributed by atoms with Crippen molar-refractivity contribution in [2.75, 3.05) is 13.4 Å². The van der Waals surface area contributed by atoms with Gasteiger partial charge in [0.15, 0.2) is 5.17 Å². The molecule has 0 saturated heterocycles. The fourth-order valence-corrected chi connectivity index (χ4v) is 3.52. The average Bonchev–Trinajstić information content (AvgIpc) is 3.03. The molecular weight excluding hydrogens is 404 g/mol. The summed E-state index contributed by atoms with van der Waals surface area (Å²) in [5.41, 5.74) is 2.01. The van der Waals surface area contributed by atoms with Gasteiger partial charge in [-0.2, -0.15) is 4.99 Å². The molecule has 3 aromatic rings. The standard InChI is InChI=1S/C21H18N4O4S/c1-12-17(25-9-5-4-6-16(25)19(12)29-2)18(26)13-7-8-15(14(10-13)20(27)28)24-21(30-3)23-11-22/h4-10,22H,1-3H3,(H,27,28). The van der Waals surface area contributed by atoms with E-state index < -0.39 is 5.97 Å². The average molecular weight is 422 g/mol. The summed E-state index contributed by atoms with van der Waals surface area (Å²) >= 11 is 1.15. The van der Waals surface area contributed by atoms with Gasteiger partial charge in [0.05, 0.1) is 29.9 Å². The first-order valence-electron chi connectivity index (χ1n) is 8.73. The smallest absolute Gasteiger partial charge is 0.337 e. The van der Waals surface area contributed by atoms with E-state index in [1.807, 2.05) is 18.1 Å². The zero-order chi connectivity index (χ0) is 21.8. The molecule has 2 N–H and O–H groups in total. The number of hydrogen-bond acceptors (Lipinski definition) is 6. The summed E-state index contributed by atoms with van der Waals surface area (Å²) in [7, 11) is 1.54. The topological polar surface area (TPSA) is 117 Å². The molecule has 2 aromatic heterocycles. The van der Waals surface area contributed by atoms with Gasteiger partial charge in [0, 0.05) is 17.3 Å². The number of ether oxygens (including phenoxy) is 1. The molecule has 0 bridgehead atoms. The van der Waals surface area contributed by atoms with Crippen LogP contribution < -0.4 is 4.74 Å². The second-order valence-electron chi connectivity index (χ2n) is 6.15. The number of thioether (sulfide) groups is 1. The molecule has 0 aliphatic heterocycles. The summed E-state index contributed by atoms with van der Waals surface area (Å²) in [6.45, 7) is 1.79. The van der Waals surface area contributed by atoms with Crippen molar-refractivity contribution in [1.82, 2.24) is 4.40 Å². The second kappa shape index (κ2) is 8.77. The van der Waals surface area contributed by atoms with E-state index in [-0.39, 0.29) is 27.8 Å². The van der Waals surface area contributed by atoms with E-state index in [0.717, 1.165) is 17.3 Å². The maximum Gasteiger partial charge on any atom is 0.337 e. The first-order chi connectivity index (χ1) is 14.4. The molecule has 3 rings (SSSR count). The van der Waals surface area contributed by atoms with Gasteiger partial charge in [-0.15, -0.1) is 0 Å². The molecule has 9 heteroatoms. The van der Waals surface area contributed by atoms with Crippen molar-refractivity contribution in [1.29, 1.82) is 5.41 Å². The van der Waals surface area contributed by atoms with E-state index in [1.54, 1.807) is 37.0 Å². The summed E-state index contributed by atoms with van der Waals surface area (Å²) in [5, 5.41) is 16.8. The third-order valence-corrected chi connectivity index (χ3v) is 5.04. The molecule has 30 heavy (non-hydrogen) atoms. The van der Waals surface area contributed by atoms with E-state index in [4.69, 9.17) is 10.1 Å². The number of rotatable bonds is 5. The van der Waals surface area contributed by atoms with Crippen LogP contribution in [0.25, 0.3) is 5.52 Å².